The van der Waals surface area contributed by atoms with Crippen LogP contribution in [0, 0.1) is 0 Å². The van der Waals surface area contributed by atoms with Gasteiger partial charge in [-0.15, -0.1) is 0 Å². The van der Waals surface area contributed by atoms with Crippen molar-refractivity contribution in [3.63, 3.8) is 0 Å². The number of nitrogens with two attached hydrogens (primary N) is 1. The lowest BCUT2D eigenvalue weighted by molar-refractivity contribution is 0.445. The molecule has 11 heavy (non-hydrogen) atoms. The van der Waals surface area contributed by atoms with Gasteiger partial charge in [0.25, 0.3) is 0 Å². The molecule has 0 radical (unpaired) electrons. The van der Waals surface area contributed by atoms with E-state index in [1.165, 1.54) is 18.4 Å². The highest BCUT2D eigenvalue weighted by molar-refractivity contribution is 5.26. The summed E-state index contributed by atoms with van der Waals surface area (Å²) in [6, 6.07) is 2.15. The predicted molar refractivity (Wildman–Crippen MR) is 43.3 cm³/mol. The molecule has 0 aliphatic heterocycles. The van der Waals surface area contributed by atoms with Crippen molar-refractivity contribution in [1.82, 2.24) is 0 Å². The molecule has 1 aliphatic carbocycles. The highest BCUT2D eigenvalue weighted by atomic mass is 16.3. The van der Waals surface area contributed by atoms with Crippen LogP contribution >= 0.6 is 0 Å². The van der Waals surface area contributed by atoms with E-state index in [4.69, 9.17) is 10.2 Å². The Balaban J connectivity index is 2.34. The van der Waals surface area contributed by atoms with E-state index in [-0.39, 0.29) is 6.04 Å². The second-order valence-electron chi connectivity index (χ2n) is 3.24. The Labute approximate surface area is 66.4 Å². The Morgan fingerprint density at radius 3 is 3.00 bits per heavy atom. The standard InChI is InChI=1S/C9H13NO/c1-6(10)9-5-7-3-2-4-8(7)11-9/h5-6H,2-4,10H2,1H3. The first kappa shape index (κ1) is 6.92. The lowest BCUT2D eigenvalue weighted by atomic mass is 10.2. The summed E-state index contributed by atoms with van der Waals surface area (Å²) in [5, 5.41) is 0. The Morgan fingerprint density at radius 1 is 1.55 bits per heavy atom. The predicted octanol–water partition coefficient (Wildman–Crippen LogP) is 1.79. The van der Waals surface area contributed by atoms with Gasteiger partial charge in [0.1, 0.15) is 11.5 Å². The van der Waals surface area contributed by atoms with Crippen LogP contribution in [0.2, 0.25) is 0 Å². The summed E-state index contributed by atoms with van der Waals surface area (Å²) in [5.74, 6) is 2.10. The Morgan fingerprint density at radius 2 is 2.36 bits per heavy atom. The second-order valence-corrected chi connectivity index (χ2v) is 3.24. The third kappa shape index (κ3) is 1.07. The van der Waals surface area contributed by atoms with Crippen LogP contribution in [0.4, 0.5) is 0 Å². The van der Waals surface area contributed by atoms with E-state index < -0.39 is 0 Å². The van der Waals surface area contributed by atoms with E-state index in [2.05, 4.69) is 6.07 Å². The van der Waals surface area contributed by atoms with Crippen molar-refractivity contribution in [3.05, 3.63) is 23.2 Å². The first-order valence-corrected chi connectivity index (χ1v) is 4.14. The van der Waals surface area contributed by atoms with Crippen LogP contribution in [0.3, 0.4) is 0 Å². The van der Waals surface area contributed by atoms with Gasteiger partial charge in [-0.1, -0.05) is 0 Å². The molecule has 0 fully saturated rings. The molecule has 2 rings (SSSR count). The summed E-state index contributed by atoms with van der Waals surface area (Å²) in [4.78, 5) is 0. The molecule has 1 unspecified atom stereocenters. The Bertz CT molecular complexity index is 241. The van der Waals surface area contributed by atoms with Gasteiger partial charge in [0.15, 0.2) is 0 Å². The van der Waals surface area contributed by atoms with Gasteiger partial charge in [-0.3, -0.25) is 0 Å². The van der Waals surface area contributed by atoms with E-state index in [1.807, 2.05) is 6.92 Å². The summed E-state index contributed by atoms with van der Waals surface area (Å²) in [6.07, 6.45) is 3.51. The van der Waals surface area contributed by atoms with E-state index in [9.17, 15) is 0 Å². The first-order valence-electron chi connectivity index (χ1n) is 4.14. The van der Waals surface area contributed by atoms with Gasteiger partial charge in [-0.2, -0.15) is 0 Å². The summed E-state index contributed by atoms with van der Waals surface area (Å²) in [6.45, 7) is 1.95. The summed E-state index contributed by atoms with van der Waals surface area (Å²) < 4.78 is 5.56. The fraction of sp³-hybridized carbons (Fsp3) is 0.556. The molecule has 2 heteroatoms. The monoisotopic (exact) mass is 151 g/mol. The molecule has 1 aliphatic rings. The number of fused-ring (bicyclic) bond motifs is 1. The van der Waals surface area contributed by atoms with Crippen LogP contribution in [0.1, 0.15) is 36.5 Å². The van der Waals surface area contributed by atoms with Crippen LogP contribution in [-0.2, 0) is 12.8 Å². The molecular formula is C9H13NO. The molecule has 0 saturated carbocycles. The molecular weight excluding hydrogens is 138 g/mol. The third-order valence-electron chi connectivity index (χ3n) is 2.21. The zero-order valence-electron chi connectivity index (χ0n) is 6.76. The molecule has 0 amide bonds. The summed E-state index contributed by atoms with van der Waals surface area (Å²) >= 11 is 0. The van der Waals surface area contributed by atoms with Gasteiger partial charge in [0.2, 0.25) is 0 Å². The second kappa shape index (κ2) is 2.38. The van der Waals surface area contributed by atoms with Crippen LogP contribution in [0.5, 0.6) is 0 Å². The highest BCUT2D eigenvalue weighted by Crippen LogP contribution is 2.27. The Hall–Kier alpha value is -0.760. The quantitative estimate of drug-likeness (QED) is 0.664. The summed E-state index contributed by atoms with van der Waals surface area (Å²) in [5.41, 5.74) is 7.05. The summed E-state index contributed by atoms with van der Waals surface area (Å²) in [7, 11) is 0. The average molecular weight is 151 g/mol. The van der Waals surface area contributed by atoms with E-state index in [0.717, 1.165) is 17.9 Å². The van der Waals surface area contributed by atoms with Gasteiger partial charge < -0.3 is 10.2 Å². The maximum atomic E-state index is 5.68. The van der Waals surface area contributed by atoms with Gasteiger partial charge >= 0.3 is 0 Å². The average Bonchev–Trinajstić information content (AvgIpc) is 2.40. The molecule has 1 aromatic heterocycles. The topological polar surface area (TPSA) is 39.2 Å². The van der Waals surface area contributed by atoms with Crippen LogP contribution < -0.4 is 5.73 Å². The normalized spacial score (nSPS) is 18.4. The maximum absolute atomic E-state index is 5.68. The van der Waals surface area contributed by atoms with Crippen molar-refractivity contribution in [2.75, 3.05) is 0 Å². The van der Waals surface area contributed by atoms with E-state index in [0.29, 0.717) is 0 Å². The number of rotatable bonds is 1. The van der Waals surface area contributed by atoms with Gasteiger partial charge in [-0.25, -0.2) is 0 Å². The van der Waals surface area contributed by atoms with Crippen molar-refractivity contribution in [2.45, 2.75) is 32.2 Å². The van der Waals surface area contributed by atoms with E-state index in [1.54, 1.807) is 0 Å². The van der Waals surface area contributed by atoms with Crippen molar-refractivity contribution >= 4 is 0 Å². The molecule has 1 heterocycles. The number of furan rings is 1. The minimum Gasteiger partial charge on any atom is -0.464 e. The lowest BCUT2D eigenvalue weighted by Gasteiger charge is -1.98. The van der Waals surface area contributed by atoms with Crippen molar-refractivity contribution in [2.24, 2.45) is 5.73 Å². The lowest BCUT2D eigenvalue weighted by Crippen LogP contribution is -2.03. The molecule has 1 atom stereocenters. The molecule has 0 spiro atoms. The van der Waals surface area contributed by atoms with Crippen LogP contribution in [-0.4, -0.2) is 0 Å². The largest absolute Gasteiger partial charge is 0.464 e. The van der Waals surface area contributed by atoms with Crippen molar-refractivity contribution < 1.29 is 4.42 Å². The van der Waals surface area contributed by atoms with Gasteiger partial charge in [0.05, 0.1) is 6.04 Å². The zero-order valence-corrected chi connectivity index (χ0v) is 6.76. The molecule has 1 aromatic rings. The fourth-order valence-electron chi connectivity index (χ4n) is 1.58. The number of aryl methyl sites for hydroxylation is 2. The van der Waals surface area contributed by atoms with Gasteiger partial charge in [-0.05, 0) is 31.4 Å². The fourth-order valence-corrected chi connectivity index (χ4v) is 1.58. The minimum atomic E-state index is 0.0422. The smallest absolute Gasteiger partial charge is 0.120 e. The highest BCUT2D eigenvalue weighted by Gasteiger charge is 2.17. The third-order valence-corrected chi connectivity index (χ3v) is 2.21. The van der Waals surface area contributed by atoms with Gasteiger partial charge in [0, 0.05) is 6.42 Å². The minimum absolute atomic E-state index is 0.0422. The molecule has 0 saturated heterocycles. The van der Waals surface area contributed by atoms with Crippen LogP contribution in [0.15, 0.2) is 10.5 Å². The van der Waals surface area contributed by atoms with Crippen molar-refractivity contribution in [1.29, 1.82) is 0 Å². The molecule has 2 nitrogen and oxygen atoms in total. The van der Waals surface area contributed by atoms with Crippen LogP contribution in [0.25, 0.3) is 0 Å². The molecule has 2 N–H and O–H groups in total. The number of hydrogen-bond acceptors (Lipinski definition) is 2. The molecule has 60 valence electrons. The van der Waals surface area contributed by atoms with Crippen molar-refractivity contribution in [3.8, 4) is 0 Å². The zero-order chi connectivity index (χ0) is 7.84. The maximum Gasteiger partial charge on any atom is 0.120 e. The SMILES string of the molecule is CC(N)c1cc2c(o1)CCC2. The molecule has 0 bridgehead atoms. The Kier molecular flexibility index (Phi) is 1.50. The molecule has 0 aromatic carbocycles. The number of hydrogen-bond donors (Lipinski definition) is 1. The van der Waals surface area contributed by atoms with E-state index >= 15 is 0 Å². The first-order chi connectivity index (χ1) is 5.27.